The second-order valence-electron chi connectivity index (χ2n) is 7.24. The molecule has 0 aliphatic carbocycles. The number of nitrogens with zero attached hydrogens (tertiary/aromatic N) is 4. The zero-order valence-corrected chi connectivity index (χ0v) is 15.7. The van der Waals surface area contributed by atoms with Crippen molar-refractivity contribution in [3.63, 3.8) is 0 Å². The number of ether oxygens (including phenoxy) is 1. The summed E-state index contributed by atoms with van der Waals surface area (Å²) >= 11 is 0. The lowest BCUT2D eigenvalue weighted by Crippen LogP contribution is -2.54. The summed E-state index contributed by atoms with van der Waals surface area (Å²) in [6, 6.07) is 7.66. The summed E-state index contributed by atoms with van der Waals surface area (Å²) in [5, 5.41) is 4.66. The van der Waals surface area contributed by atoms with Gasteiger partial charge < -0.3 is 19.9 Å². The Hall–Kier alpha value is -1.92. The summed E-state index contributed by atoms with van der Waals surface area (Å²) in [5.41, 5.74) is 2.14. The van der Waals surface area contributed by atoms with Gasteiger partial charge in [0, 0.05) is 49.0 Å². The van der Waals surface area contributed by atoms with E-state index in [4.69, 9.17) is 4.74 Å². The standard InChI is InChI=1S/C19H29N5O/c1-14-12-24(13-15(2)21-14)18-8-5-7-17-16(18)11-20-19(22-17)25-10-6-9-23(3)4/h5,7-8,11,14-15,21H,6,9-10,12-13H2,1-4H3/t14-,15+. The minimum Gasteiger partial charge on any atom is -0.463 e. The lowest BCUT2D eigenvalue weighted by molar-refractivity contribution is 0.264. The molecule has 1 aromatic carbocycles. The molecule has 2 heterocycles. The van der Waals surface area contributed by atoms with Crippen molar-refractivity contribution in [1.82, 2.24) is 20.2 Å². The van der Waals surface area contributed by atoms with Gasteiger partial charge in [-0.15, -0.1) is 0 Å². The quantitative estimate of drug-likeness (QED) is 0.811. The zero-order valence-electron chi connectivity index (χ0n) is 15.7. The van der Waals surface area contributed by atoms with Crippen LogP contribution in [0.25, 0.3) is 10.9 Å². The fourth-order valence-corrected chi connectivity index (χ4v) is 3.44. The lowest BCUT2D eigenvalue weighted by atomic mass is 10.1. The maximum absolute atomic E-state index is 5.71. The Morgan fingerprint density at radius 2 is 2.00 bits per heavy atom. The third kappa shape index (κ3) is 4.58. The molecule has 3 rings (SSSR count). The Balaban J connectivity index is 1.75. The molecule has 1 aliphatic heterocycles. The van der Waals surface area contributed by atoms with Crippen molar-refractivity contribution in [3.05, 3.63) is 24.4 Å². The van der Waals surface area contributed by atoms with E-state index in [1.54, 1.807) is 0 Å². The van der Waals surface area contributed by atoms with Gasteiger partial charge in [-0.05, 0) is 46.5 Å². The van der Waals surface area contributed by atoms with Crippen molar-refractivity contribution in [3.8, 4) is 6.01 Å². The van der Waals surface area contributed by atoms with Gasteiger partial charge in [-0.25, -0.2) is 4.98 Å². The van der Waals surface area contributed by atoms with Gasteiger partial charge in [-0.1, -0.05) is 6.07 Å². The number of fused-ring (bicyclic) bond motifs is 1. The molecule has 136 valence electrons. The molecule has 1 saturated heterocycles. The highest BCUT2D eigenvalue weighted by molar-refractivity contribution is 5.91. The van der Waals surface area contributed by atoms with E-state index in [-0.39, 0.29) is 0 Å². The van der Waals surface area contributed by atoms with Crippen molar-refractivity contribution in [2.45, 2.75) is 32.4 Å². The number of rotatable bonds is 6. The van der Waals surface area contributed by atoms with E-state index >= 15 is 0 Å². The molecule has 25 heavy (non-hydrogen) atoms. The van der Waals surface area contributed by atoms with Crippen LogP contribution < -0.4 is 15.0 Å². The van der Waals surface area contributed by atoms with Gasteiger partial charge in [0.05, 0.1) is 12.1 Å². The molecule has 1 fully saturated rings. The summed E-state index contributed by atoms with van der Waals surface area (Å²) in [4.78, 5) is 13.6. The predicted octanol–water partition coefficient (Wildman–Crippen LogP) is 2.15. The van der Waals surface area contributed by atoms with Gasteiger partial charge in [0.15, 0.2) is 0 Å². The maximum atomic E-state index is 5.71. The third-order valence-electron chi connectivity index (χ3n) is 4.46. The van der Waals surface area contributed by atoms with Crippen molar-refractivity contribution >= 4 is 16.6 Å². The first-order valence-electron chi connectivity index (χ1n) is 9.07. The molecule has 6 nitrogen and oxygen atoms in total. The minimum absolute atomic E-state index is 0.463. The van der Waals surface area contributed by atoms with Crippen LogP contribution in [0.3, 0.4) is 0 Å². The molecule has 6 heteroatoms. The highest BCUT2D eigenvalue weighted by Crippen LogP contribution is 2.27. The summed E-state index contributed by atoms with van der Waals surface area (Å²) in [6.45, 7) is 8.07. The second-order valence-corrected chi connectivity index (χ2v) is 7.24. The van der Waals surface area contributed by atoms with Crippen LogP contribution in [0.1, 0.15) is 20.3 Å². The Morgan fingerprint density at radius 1 is 1.24 bits per heavy atom. The second kappa shape index (κ2) is 7.97. The molecule has 0 radical (unpaired) electrons. The number of nitrogens with one attached hydrogen (secondary N) is 1. The molecule has 0 spiro atoms. The van der Waals surface area contributed by atoms with E-state index in [2.05, 4.69) is 65.2 Å². The average Bonchev–Trinajstić information content (AvgIpc) is 2.57. The summed E-state index contributed by atoms with van der Waals surface area (Å²) in [6.07, 6.45) is 2.86. The van der Waals surface area contributed by atoms with Crippen LogP contribution in [-0.2, 0) is 0 Å². The normalized spacial score (nSPS) is 21.1. The third-order valence-corrected chi connectivity index (χ3v) is 4.46. The van der Waals surface area contributed by atoms with Crippen LogP contribution in [0, 0.1) is 0 Å². The highest BCUT2D eigenvalue weighted by atomic mass is 16.5. The molecule has 0 unspecified atom stereocenters. The van der Waals surface area contributed by atoms with Crippen molar-refractivity contribution in [2.75, 3.05) is 45.2 Å². The van der Waals surface area contributed by atoms with E-state index in [0.29, 0.717) is 24.7 Å². The molecule has 1 aromatic heterocycles. The minimum atomic E-state index is 0.463. The zero-order chi connectivity index (χ0) is 17.8. The Bertz CT molecular complexity index is 695. The van der Waals surface area contributed by atoms with Crippen LogP contribution in [-0.4, -0.2) is 67.3 Å². The number of hydrogen-bond acceptors (Lipinski definition) is 6. The van der Waals surface area contributed by atoms with Crippen molar-refractivity contribution in [2.24, 2.45) is 0 Å². The molecule has 1 aliphatic rings. The van der Waals surface area contributed by atoms with Gasteiger partial charge >= 0.3 is 6.01 Å². The van der Waals surface area contributed by atoms with Crippen molar-refractivity contribution < 1.29 is 4.74 Å². The Labute approximate surface area is 150 Å². The van der Waals surface area contributed by atoms with Gasteiger partial charge in [0.1, 0.15) is 0 Å². The van der Waals surface area contributed by atoms with E-state index < -0.39 is 0 Å². The summed E-state index contributed by atoms with van der Waals surface area (Å²) in [5.74, 6) is 0. The molecule has 0 amide bonds. The average molecular weight is 343 g/mol. The van der Waals surface area contributed by atoms with E-state index in [1.165, 1.54) is 5.69 Å². The van der Waals surface area contributed by atoms with E-state index in [9.17, 15) is 0 Å². The molecular formula is C19H29N5O. The number of anilines is 1. The molecule has 0 saturated carbocycles. The van der Waals surface area contributed by atoms with E-state index in [1.807, 2.05) is 12.3 Å². The SMILES string of the molecule is C[C@@H]1CN(c2cccc3nc(OCCCN(C)C)ncc23)C[C@H](C)N1. The monoisotopic (exact) mass is 343 g/mol. The summed E-state index contributed by atoms with van der Waals surface area (Å²) in [7, 11) is 4.12. The van der Waals surface area contributed by atoms with Gasteiger partial charge in [-0.3, -0.25) is 0 Å². The number of benzene rings is 1. The van der Waals surface area contributed by atoms with Crippen LogP contribution in [0.5, 0.6) is 6.01 Å². The first kappa shape index (κ1) is 17.9. The highest BCUT2D eigenvalue weighted by Gasteiger charge is 2.22. The topological polar surface area (TPSA) is 53.5 Å². The van der Waals surface area contributed by atoms with Gasteiger partial charge in [0.25, 0.3) is 0 Å². The van der Waals surface area contributed by atoms with Crippen LogP contribution in [0.2, 0.25) is 0 Å². The molecule has 1 N–H and O–H groups in total. The molecule has 0 bridgehead atoms. The number of piperazine rings is 1. The predicted molar refractivity (Wildman–Crippen MR) is 102 cm³/mol. The van der Waals surface area contributed by atoms with Crippen LogP contribution in [0.4, 0.5) is 5.69 Å². The first-order valence-corrected chi connectivity index (χ1v) is 9.07. The van der Waals surface area contributed by atoms with Gasteiger partial charge in [-0.2, -0.15) is 4.98 Å². The fraction of sp³-hybridized carbons (Fsp3) is 0.579. The van der Waals surface area contributed by atoms with Crippen molar-refractivity contribution in [1.29, 1.82) is 0 Å². The lowest BCUT2D eigenvalue weighted by Gasteiger charge is -2.38. The molecule has 2 atom stereocenters. The fourth-order valence-electron chi connectivity index (χ4n) is 3.44. The largest absolute Gasteiger partial charge is 0.463 e. The first-order chi connectivity index (χ1) is 12.0. The van der Waals surface area contributed by atoms with Crippen LogP contribution >= 0.6 is 0 Å². The Morgan fingerprint density at radius 3 is 2.72 bits per heavy atom. The Kier molecular flexibility index (Phi) is 5.71. The number of aromatic nitrogens is 2. The molecule has 2 aromatic rings. The van der Waals surface area contributed by atoms with Crippen LogP contribution in [0.15, 0.2) is 24.4 Å². The number of hydrogen-bond donors (Lipinski definition) is 1. The maximum Gasteiger partial charge on any atom is 0.316 e. The van der Waals surface area contributed by atoms with Gasteiger partial charge in [0.2, 0.25) is 0 Å². The molecular weight excluding hydrogens is 314 g/mol. The summed E-state index contributed by atoms with van der Waals surface area (Å²) < 4.78 is 5.71. The van der Waals surface area contributed by atoms with E-state index in [0.717, 1.165) is 37.0 Å². The smallest absolute Gasteiger partial charge is 0.316 e.